The summed E-state index contributed by atoms with van der Waals surface area (Å²) in [5.74, 6) is -0.0470. The van der Waals surface area contributed by atoms with Crippen LogP contribution < -0.4 is 4.90 Å². The first-order chi connectivity index (χ1) is 14.1. The summed E-state index contributed by atoms with van der Waals surface area (Å²) in [6.45, 7) is 2.82. The molecule has 1 aliphatic heterocycles. The third-order valence-electron chi connectivity index (χ3n) is 5.17. The summed E-state index contributed by atoms with van der Waals surface area (Å²) in [6, 6.07) is 23.9. The van der Waals surface area contributed by atoms with Gasteiger partial charge in [-0.15, -0.1) is 0 Å². The molecular weight excluding hydrogens is 384 g/mol. The number of ketones is 1. The van der Waals surface area contributed by atoms with Crippen LogP contribution in [-0.4, -0.2) is 42.8 Å². The summed E-state index contributed by atoms with van der Waals surface area (Å²) in [7, 11) is 0. The van der Waals surface area contributed by atoms with Crippen molar-refractivity contribution in [3.63, 3.8) is 0 Å². The largest absolute Gasteiger partial charge is 0.368 e. The van der Waals surface area contributed by atoms with Gasteiger partial charge >= 0.3 is 0 Å². The molecule has 0 aromatic heterocycles. The summed E-state index contributed by atoms with van der Waals surface area (Å²) in [4.78, 5) is 29.5. The fourth-order valence-corrected chi connectivity index (χ4v) is 3.73. The van der Waals surface area contributed by atoms with E-state index < -0.39 is 0 Å². The third kappa shape index (κ3) is 4.33. The van der Waals surface area contributed by atoms with E-state index in [0.29, 0.717) is 34.8 Å². The standard InChI is InChI=1S/C24H21ClN2O2/c25-21-7-4-8-22(17-21)26-13-15-27(16-14-26)24(29)20-11-9-19(10-12-20)23(28)18-5-2-1-3-6-18/h1-12,17H,13-16H2. The van der Waals surface area contributed by atoms with Crippen molar-refractivity contribution in [2.24, 2.45) is 0 Å². The highest BCUT2D eigenvalue weighted by molar-refractivity contribution is 6.30. The van der Waals surface area contributed by atoms with Crippen LogP contribution in [0.4, 0.5) is 5.69 Å². The number of halogens is 1. The molecule has 29 heavy (non-hydrogen) atoms. The third-order valence-corrected chi connectivity index (χ3v) is 5.41. The minimum absolute atomic E-state index is 0.00514. The van der Waals surface area contributed by atoms with Gasteiger partial charge in [0.25, 0.3) is 5.91 Å². The molecule has 0 bridgehead atoms. The Kier molecular flexibility index (Phi) is 5.63. The molecule has 0 saturated carbocycles. The van der Waals surface area contributed by atoms with Gasteiger partial charge in [-0.3, -0.25) is 9.59 Å². The van der Waals surface area contributed by atoms with Gasteiger partial charge in [0.2, 0.25) is 0 Å². The predicted octanol–water partition coefficient (Wildman–Crippen LogP) is 4.53. The average molecular weight is 405 g/mol. The molecule has 0 aliphatic carbocycles. The minimum Gasteiger partial charge on any atom is -0.368 e. The van der Waals surface area contributed by atoms with E-state index in [2.05, 4.69) is 4.90 Å². The summed E-state index contributed by atoms with van der Waals surface area (Å²) >= 11 is 6.08. The SMILES string of the molecule is O=C(c1ccccc1)c1ccc(C(=O)N2CCN(c3cccc(Cl)c3)CC2)cc1. The van der Waals surface area contributed by atoms with Gasteiger partial charge in [-0.1, -0.05) is 60.1 Å². The maximum Gasteiger partial charge on any atom is 0.253 e. The normalized spacial score (nSPS) is 14.0. The number of amides is 1. The minimum atomic E-state index is -0.0419. The van der Waals surface area contributed by atoms with E-state index in [-0.39, 0.29) is 11.7 Å². The monoisotopic (exact) mass is 404 g/mol. The summed E-state index contributed by atoms with van der Waals surface area (Å²) < 4.78 is 0. The number of carbonyl (C=O) groups excluding carboxylic acids is 2. The zero-order valence-electron chi connectivity index (χ0n) is 15.9. The molecule has 1 amide bonds. The molecule has 0 N–H and O–H groups in total. The molecule has 146 valence electrons. The Hall–Kier alpha value is -3.11. The molecule has 3 aromatic carbocycles. The quantitative estimate of drug-likeness (QED) is 0.600. The van der Waals surface area contributed by atoms with Crippen LogP contribution in [0.3, 0.4) is 0 Å². The van der Waals surface area contributed by atoms with Gasteiger partial charge in [0, 0.05) is 53.6 Å². The lowest BCUT2D eigenvalue weighted by molar-refractivity contribution is 0.0746. The van der Waals surface area contributed by atoms with E-state index in [1.54, 1.807) is 36.4 Å². The highest BCUT2D eigenvalue weighted by Gasteiger charge is 2.22. The second-order valence-electron chi connectivity index (χ2n) is 7.03. The number of hydrogen-bond donors (Lipinski definition) is 0. The number of piperazine rings is 1. The second kappa shape index (κ2) is 8.50. The first-order valence-electron chi connectivity index (χ1n) is 9.61. The van der Waals surface area contributed by atoms with Crippen molar-refractivity contribution in [3.8, 4) is 0 Å². The molecule has 1 fully saturated rings. The highest BCUT2D eigenvalue weighted by Crippen LogP contribution is 2.21. The van der Waals surface area contributed by atoms with E-state index in [9.17, 15) is 9.59 Å². The van der Waals surface area contributed by atoms with E-state index in [4.69, 9.17) is 11.6 Å². The van der Waals surface area contributed by atoms with Gasteiger partial charge in [0.1, 0.15) is 0 Å². The van der Waals surface area contributed by atoms with Gasteiger partial charge in [-0.25, -0.2) is 0 Å². The molecule has 4 rings (SSSR count). The Balaban J connectivity index is 1.39. The molecule has 0 unspecified atom stereocenters. The van der Waals surface area contributed by atoms with Gasteiger partial charge in [0.05, 0.1) is 0 Å². The molecule has 0 spiro atoms. The predicted molar refractivity (Wildman–Crippen MR) is 116 cm³/mol. The van der Waals surface area contributed by atoms with E-state index >= 15 is 0 Å². The van der Waals surface area contributed by atoms with Gasteiger partial charge in [-0.05, 0) is 30.3 Å². The fraction of sp³-hybridized carbons (Fsp3) is 0.167. The summed E-state index contributed by atoms with van der Waals surface area (Å²) in [5, 5.41) is 0.714. The molecule has 3 aromatic rings. The van der Waals surface area contributed by atoms with E-state index in [0.717, 1.165) is 18.8 Å². The Morgan fingerprint density at radius 3 is 1.97 bits per heavy atom. The number of nitrogens with zero attached hydrogens (tertiary/aromatic N) is 2. The van der Waals surface area contributed by atoms with Crippen LogP contribution in [-0.2, 0) is 0 Å². The van der Waals surface area contributed by atoms with Crippen molar-refractivity contribution in [3.05, 3.63) is 101 Å². The van der Waals surface area contributed by atoms with Crippen LogP contribution in [0, 0.1) is 0 Å². The van der Waals surface area contributed by atoms with Crippen LogP contribution in [0.2, 0.25) is 5.02 Å². The molecule has 1 aliphatic rings. The van der Waals surface area contributed by atoms with Crippen molar-refractivity contribution >= 4 is 29.0 Å². The Labute approximate surface area is 175 Å². The number of anilines is 1. The molecule has 0 atom stereocenters. The lowest BCUT2D eigenvalue weighted by atomic mass is 10.0. The average Bonchev–Trinajstić information content (AvgIpc) is 2.79. The first kappa shape index (κ1) is 19.2. The molecular formula is C24H21ClN2O2. The molecule has 0 radical (unpaired) electrons. The van der Waals surface area contributed by atoms with Crippen molar-refractivity contribution in [2.45, 2.75) is 0 Å². The molecule has 1 heterocycles. The molecule has 5 heteroatoms. The van der Waals surface area contributed by atoms with Crippen molar-refractivity contribution in [2.75, 3.05) is 31.1 Å². The lowest BCUT2D eigenvalue weighted by Crippen LogP contribution is -2.48. The number of carbonyl (C=O) groups is 2. The number of benzene rings is 3. The summed E-state index contributed by atoms with van der Waals surface area (Å²) in [6.07, 6.45) is 0. The Bertz CT molecular complexity index is 1010. The zero-order chi connectivity index (χ0) is 20.2. The molecule has 4 nitrogen and oxygen atoms in total. The number of hydrogen-bond acceptors (Lipinski definition) is 3. The van der Waals surface area contributed by atoms with Crippen molar-refractivity contribution in [1.82, 2.24) is 4.90 Å². The van der Waals surface area contributed by atoms with Crippen LogP contribution in [0.5, 0.6) is 0 Å². The van der Waals surface area contributed by atoms with E-state index in [1.165, 1.54) is 0 Å². The van der Waals surface area contributed by atoms with Crippen molar-refractivity contribution < 1.29 is 9.59 Å². The maximum atomic E-state index is 12.8. The highest BCUT2D eigenvalue weighted by atomic mass is 35.5. The summed E-state index contributed by atoms with van der Waals surface area (Å²) in [5.41, 5.74) is 2.90. The topological polar surface area (TPSA) is 40.6 Å². The van der Waals surface area contributed by atoms with Gasteiger partial charge < -0.3 is 9.80 Å². The Morgan fingerprint density at radius 2 is 1.31 bits per heavy atom. The van der Waals surface area contributed by atoms with Crippen LogP contribution in [0.25, 0.3) is 0 Å². The maximum absolute atomic E-state index is 12.8. The molecule has 1 saturated heterocycles. The second-order valence-corrected chi connectivity index (χ2v) is 7.47. The fourth-order valence-electron chi connectivity index (χ4n) is 3.54. The van der Waals surface area contributed by atoms with Gasteiger partial charge in [0.15, 0.2) is 5.78 Å². The lowest BCUT2D eigenvalue weighted by Gasteiger charge is -2.36. The first-order valence-corrected chi connectivity index (χ1v) is 9.99. The van der Waals surface area contributed by atoms with Crippen LogP contribution in [0.1, 0.15) is 26.3 Å². The van der Waals surface area contributed by atoms with Gasteiger partial charge in [-0.2, -0.15) is 0 Å². The Morgan fingerprint density at radius 1 is 0.690 bits per heavy atom. The van der Waals surface area contributed by atoms with E-state index in [1.807, 2.05) is 47.4 Å². The zero-order valence-corrected chi connectivity index (χ0v) is 16.7. The van der Waals surface area contributed by atoms with Crippen LogP contribution >= 0.6 is 11.6 Å². The smallest absolute Gasteiger partial charge is 0.253 e. The van der Waals surface area contributed by atoms with Crippen molar-refractivity contribution in [1.29, 1.82) is 0 Å². The van der Waals surface area contributed by atoms with Crippen LogP contribution in [0.15, 0.2) is 78.9 Å². The number of rotatable bonds is 4.